The third-order valence-electron chi connectivity index (χ3n) is 5.76. The standard InChI is InChI=1S/C25H22Cl2N6O2S2/c26-15-6-5-7-16(12-15)33-22(17-8-1-2-9-18(17)27)31-32-25(33)37-14-21-29-20(13-36-21)24(35)30-19-10-3-4-11-28-23(19)34/h1-2,5-9,12-13,19H,3-4,10-11,14H2,(H,28,34)(H,30,35). The average molecular weight is 574 g/mol. The number of halogens is 2. The van der Waals surface area contributed by atoms with Crippen molar-refractivity contribution in [1.29, 1.82) is 0 Å². The highest BCUT2D eigenvalue weighted by atomic mass is 35.5. The van der Waals surface area contributed by atoms with E-state index in [0.717, 1.165) is 29.1 Å². The van der Waals surface area contributed by atoms with Crippen LogP contribution >= 0.6 is 46.3 Å². The average Bonchev–Trinajstić information content (AvgIpc) is 3.49. The molecular formula is C25H22Cl2N6O2S2. The van der Waals surface area contributed by atoms with Crippen LogP contribution in [0, 0.1) is 0 Å². The fourth-order valence-electron chi connectivity index (χ4n) is 3.95. The molecule has 8 nitrogen and oxygen atoms in total. The van der Waals surface area contributed by atoms with Gasteiger partial charge in [-0.1, -0.05) is 53.2 Å². The molecule has 37 heavy (non-hydrogen) atoms. The molecule has 0 bridgehead atoms. The topological polar surface area (TPSA) is 102 Å². The molecule has 0 saturated carbocycles. The molecule has 1 fully saturated rings. The monoisotopic (exact) mass is 572 g/mol. The minimum atomic E-state index is -0.533. The summed E-state index contributed by atoms with van der Waals surface area (Å²) in [5.41, 5.74) is 1.85. The highest BCUT2D eigenvalue weighted by Crippen LogP contribution is 2.33. The van der Waals surface area contributed by atoms with Gasteiger partial charge in [0.05, 0.1) is 16.5 Å². The van der Waals surface area contributed by atoms with E-state index in [1.54, 1.807) is 11.4 Å². The second-order valence-electron chi connectivity index (χ2n) is 8.33. The van der Waals surface area contributed by atoms with Crippen LogP contribution in [0.3, 0.4) is 0 Å². The smallest absolute Gasteiger partial charge is 0.271 e. The van der Waals surface area contributed by atoms with Gasteiger partial charge >= 0.3 is 0 Å². The normalized spacial score (nSPS) is 15.7. The second kappa shape index (κ2) is 11.6. The zero-order valence-electron chi connectivity index (χ0n) is 19.5. The summed E-state index contributed by atoms with van der Waals surface area (Å²) in [7, 11) is 0. The van der Waals surface area contributed by atoms with E-state index < -0.39 is 6.04 Å². The van der Waals surface area contributed by atoms with Crippen molar-refractivity contribution >= 4 is 58.1 Å². The summed E-state index contributed by atoms with van der Waals surface area (Å²) in [5.74, 6) is 0.573. The Morgan fingerprint density at radius 2 is 2.03 bits per heavy atom. The van der Waals surface area contributed by atoms with E-state index in [1.165, 1.54) is 23.1 Å². The predicted octanol–water partition coefficient (Wildman–Crippen LogP) is 5.39. The number of hydrogen-bond acceptors (Lipinski definition) is 7. The molecule has 1 unspecified atom stereocenters. The molecule has 2 amide bonds. The lowest BCUT2D eigenvalue weighted by Crippen LogP contribution is -2.45. The van der Waals surface area contributed by atoms with Crippen LogP contribution in [0.25, 0.3) is 17.1 Å². The van der Waals surface area contributed by atoms with Crippen LogP contribution in [0.5, 0.6) is 0 Å². The summed E-state index contributed by atoms with van der Waals surface area (Å²) < 4.78 is 1.91. The van der Waals surface area contributed by atoms with E-state index >= 15 is 0 Å². The van der Waals surface area contributed by atoms with Crippen LogP contribution in [-0.2, 0) is 10.5 Å². The molecule has 12 heteroatoms. The number of carbonyl (C=O) groups is 2. The quantitative estimate of drug-likeness (QED) is 0.288. The molecule has 4 aromatic rings. The van der Waals surface area contributed by atoms with Crippen LogP contribution in [-0.4, -0.2) is 44.1 Å². The Morgan fingerprint density at radius 3 is 2.86 bits per heavy atom. The van der Waals surface area contributed by atoms with E-state index in [-0.39, 0.29) is 11.8 Å². The first-order chi connectivity index (χ1) is 18.0. The zero-order chi connectivity index (χ0) is 25.8. The zero-order valence-corrected chi connectivity index (χ0v) is 22.6. The molecule has 0 spiro atoms. The third-order valence-corrected chi connectivity index (χ3v) is 8.30. The number of thiazole rings is 1. The van der Waals surface area contributed by atoms with Crippen LogP contribution in [0.4, 0.5) is 0 Å². The van der Waals surface area contributed by atoms with Gasteiger partial charge in [0, 0.05) is 22.5 Å². The molecule has 5 rings (SSSR count). The van der Waals surface area contributed by atoms with Gasteiger partial charge in [0.15, 0.2) is 11.0 Å². The fourth-order valence-corrected chi connectivity index (χ4v) is 6.09. The minimum absolute atomic E-state index is 0.147. The first kappa shape index (κ1) is 25.7. The largest absolute Gasteiger partial charge is 0.354 e. The van der Waals surface area contributed by atoms with E-state index in [1.807, 2.05) is 47.0 Å². The maximum absolute atomic E-state index is 12.7. The van der Waals surface area contributed by atoms with E-state index in [9.17, 15) is 9.59 Å². The minimum Gasteiger partial charge on any atom is -0.354 e. The van der Waals surface area contributed by atoms with Crippen LogP contribution in [0.2, 0.25) is 10.0 Å². The summed E-state index contributed by atoms with van der Waals surface area (Å²) in [6.45, 7) is 0.640. The van der Waals surface area contributed by atoms with Crippen LogP contribution in [0.1, 0.15) is 34.8 Å². The van der Waals surface area contributed by atoms with E-state index in [0.29, 0.717) is 45.4 Å². The van der Waals surface area contributed by atoms with Gasteiger partial charge in [0.2, 0.25) is 5.91 Å². The number of aromatic nitrogens is 4. The number of nitrogens with one attached hydrogen (secondary N) is 2. The number of carbonyl (C=O) groups excluding carboxylic acids is 2. The Hall–Kier alpha value is -2.92. The summed E-state index contributed by atoms with van der Waals surface area (Å²) in [4.78, 5) is 29.4. The molecule has 2 aromatic carbocycles. The molecule has 2 N–H and O–H groups in total. The van der Waals surface area contributed by atoms with Crippen LogP contribution in [0.15, 0.2) is 59.1 Å². The Balaban J connectivity index is 1.35. The van der Waals surface area contributed by atoms with Gasteiger partial charge in [-0.3, -0.25) is 14.2 Å². The summed E-state index contributed by atoms with van der Waals surface area (Å²) in [6.07, 6.45) is 2.41. The lowest BCUT2D eigenvalue weighted by Gasteiger charge is -2.14. The number of rotatable bonds is 7. The Morgan fingerprint density at radius 1 is 1.16 bits per heavy atom. The van der Waals surface area contributed by atoms with Gasteiger partial charge in [0.25, 0.3) is 5.91 Å². The number of nitrogens with zero attached hydrogens (tertiary/aromatic N) is 4. The Kier molecular flexibility index (Phi) is 8.09. The third kappa shape index (κ3) is 5.98. The molecule has 1 aliphatic rings. The molecular weight excluding hydrogens is 551 g/mol. The molecule has 190 valence electrons. The van der Waals surface area contributed by atoms with Gasteiger partial charge in [-0.25, -0.2) is 4.98 Å². The Bertz CT molecular complexity index is 1440. The summed E-state index contributed by atoms with van der Waals surface area (Å²) in [6, 6.07) is 14.4. The highest BCUT2D eigenvalue weighted by molar-refractivity contribution is 7.98. The molecule has 2 aromatic heterocycles. The van der Waals surface area contributed by atoms with Crippen LogP contribution < -0.4 is 10.6 Å². The summed E-state index contributed by atoms with van der Waals surface area (Å²) in [5, 5.41) is 18.7. The van der Waals surface area contributed by atoms with E-state index in [4.69, 9.17) is 23.2 Å². The number of benzene rings is 2. The fraction of sp³-hybridized carbons (Fsp3) is 0.240. The van der Waals surface area contributed by atoms with Crippen molar-refractivity contribution in [3.63, 3.8) is 0 Å². The van der Waals surface area contributed by atoms with Gasteiger partial charge in [0.1, 0.15) is 16.7 Å². The molecule has 3 heterocycles. The van der Waals surface area contributed by atoms with Gasteiger partial charge < -0.3 is 10.6 Å². The lowest BCUT2D eigenvalue weighted by molar-refractivity contribution is -0.122. The van der Waals surface area contributed by atoms with Crippen molar-refractivity contribution in [2.24, 2.45) is 0 Å². The van der Waals surface area contributed by atoms with Gasteiger partial charge in [-0.15, -0.1) is 21.5 Å². The number of hydrogen-bond donors (Lipinski definition) is 2. The highest BCUT2D eigenvalue weighted by Gasteiger charge is 2.24. The lowest BCUT2D eigenvalue weighted by atomic mass is 10.1. The Labute approximate surface area is 231 Å². The molecule has 0 radical (unpaired) electrons. The maximum atomic E-state index is 12.7. The molecule has 1 atom stereocenters. The maximum Gasteiger partial charge on any atom is 0.271 e. The van der Waals surface area contributed by atoms with Gasteiger partial charge in [-0.05, 0) is 49.6 Å². The number of amides is 2. The van der Waals surface area contributed by atoms with Crippen molar-refractivity contribution in [3.8, 4) is 17.1 Å². The molecule has 1 saturated heterocycles. The van der Waals surface area contributed by atoms with Crippen molar-refractivity contribution in [2.75, 3.05) is 6.54 Å². The first-order valence-corrected chi connectivity index (χ1v) is 14.2. The second-order valence-corrected chi connectivity index (χ2v) is 11.1. The van der Waals surface area contributed by atoms with Crippen molar-refractivity contribution in [3.05, 3.63) is 74.7 Å². The molecule has 1 aliphatic heterocycles. The first-order valence-electron chi connectivity index (χ1n) is 11.6. The van der Waals surface area contributed by atoms with Gasteiger partial charge in [-0.2, -0.15) is 0 Å². The summed E-state index contributed by atoms with van der Waals surface area (Å²) >= 11 is 15.6. The predicted molar refractivity (Wildman–Crippen MR) is 147 cm³/mol. The number of thioether (sulfide) groups is 1. The van der Waals surface area contributed by atoms with Crippen molar-refractivity contribution < 1.29 is 9.59 Å². The molecule has 0 aliphatic carbocycles. The van der Waals surface area contributed by atoms with Crippen molar-refractivity contribution in [2.45, 2.75) is 36.2 Å². The SMILES string of the molecule is O=C(NC1CCCCNC1=O)c1csc(CSc2nnc(-c3ccccc3Cl)n2-c2cccc(Cl)c2)n1. The van der Waals surface area contributed by atoms with Crippen molar-refractivity contribution in [1.82, 2.24) is 30.4 Å². The van der Waals surface area contributed by atoms with E-state index in [2.05, 4.69) is 25.8 Å².